The standard InChI is InChI=1S/C30H29N3O5S/c1-20-6-9-26(10-7-20)39(36,37)17-16-38-30(35)24-5-3-4-22(18-24)28-19-23(8-11-27(28)21(2)31)29(34)33-25-12-14-32-15-13-25/h3-15,18-19,21H,16-17,31H2,1-2H3,(H,32,33,34). The van der Waals surface area contributed by atoms with E-state index in [2.05, 4.69) is 10.3 Å². The van der Waals surface area contributed by atoms with E-state index >= 15 is 0 Å². The van der Waals surface area contributed by atoms with Crippen molar-refractivity contribution in [3.63, 3.8) is 0 Å². The normalized spacial score (nSPS) is 12.0. The Balaban J connectivity index is 1.51. The first kappa shape index (κ1) is 27.7. The first-order valence-electron chi connectivity index (χ1n) is 12.3. The Labute approximate surface area is 227 Å². The van der Waals surface area contributed by atoms with Crippen LogP contribution in [0, 0.1) is 6.92 Å². The van der Waals surface area contributed by atoms with Crippen LogP contribution in [0.4, 0.5) is 5.69 Å². The van der Waals surface area contributed by atoms with Crippen LogP contribution in [-0.4, -0.2) is 37.6 Å². The molecule has 9 heteroatoms. The van der Waals surface area contributed by atoms with Crippen molar-refractivity contribution < 1.29 is 22.7 Å². The Bertz CT molecular complexity index is 1580. The number of nitrogens with two attached hydrogens (primary N) is 1. The fourth-order valence-electron chi connectivity index (χ4n) is 3.99. The minimum absolute atomic E-state index is 0.183. The molecule has 1 atom stereocenters. The maximum Gasteiger partial charge on any atom is 0.338 e. The van der Waals surface area contributed by atoms with Crippen LogP contribution in [0.25, 0.3) is 11.1 Å². The number of carbonyl (C=O) groups excluding carboxylic acids is 2. The molecule has 39 heavy (non-hydrogen) atoms. The molecule has 0 spiro atoms. The molecule has 4 aromatic rings. The number of anilines is 1. The lowest BCUT2D eigenvalue weighted by atomic mass is 9.92. The van der Waals surface area contributed by atoms with Gasteiger partial charge in [-0.1, -0.05) is 35.9 Å². The third kappa shape index (κ3) is 6.95. The van der Waals surface area contributed by atoms with Gasteiger partial charge in [-0.15, -0.1) is 0 Å². The summed E-state index contributed by atoms with van der Waals surface area (Å²) in [4.78, 5) is 29.8. The van der Waals surface area contributed by atoms with Gasteiger partial charge < -0.3 is 15.8 Å². The second-order valence-electron chi connectivity index (χ2n) is 9.13. The second kappa shape index (κ2) is 12.0. The summed E-state index contributed by atoms with van der Waals surface area (Å²) in [5.74, 6) is -1.28. The largest absolute Gasteiger partial charge is 0.461 e. The van der Waals surface area contributed by atoms with E-state index in [-0.39, 0.29) is 34.8 Å². The Morgan fingerprint density at radius 2 is 1.67 bits per heavy atom. The van der Waals surface area contributed by atoms with Crippen molar-refractivity contribution in [2.45, 2.75) is 24.8 Å². The summed E-state index contributed by atoms with van der Waals surface area (Å²) in [5.41, 5.74) is 10.6. The SMILES string of the molecule is Cc1ccc(S(=O)(=O)CCOC(=O)c2cccc(-c3cc(C(=O)Nc4ccncc4)ccc3C(C)N)c2)cc1. The Morgan fingerprint density at radius 3 is 2.36 bits per heavy atom. The van der Waals surface area contributed by atoms with E-state index in [1.54, 1.807) is 73.1 Å². The predicted molar refractivity (Wildman–Crippen MR) is 150 cm³/mol. The van der Waals surface area contributed by atoms with Crippen molar-refractivity contribution in [3.05, 3.63) is 114 Å². The number of amides is 1. The van der Waals surface area contributed by atoms with Gasteiger partial charge in [0, 0.05) is 29.7 Å². The number of aryl methyl sites for hydroxylation is 1. The number of sulfone groups is 1. The number of hydrogen-bond donors (Lipinski definition) is 2. The topological polar surface area (TPSA) is 128 Å². The van der Waals surface area contributed by atoms with Gasteiger partial charge in [0.25, 0.3) is 5.91 Å². The van der Waals surface area contributed by atoms with Crippen molar-refractivity contribution in [2.75, 3.05) is 17.7 Å². The maximum absolute atomic E-state index is 12.9. The molecule has 4 rings (SSSR count). The number of aromatic nitrogens is 1. The highest BCUT2D eigenvalue weighted by molar-refractivity contribution is 7.91. The molecule has 0 saturated heterocycles. The van der Waals surface area contributed by atoms with Crippen molar-refractivity contribution in [3.8, 4) is 11.1 Å². The number of rotatable bonds is 9. The van der Waals surface area contributed by atoms with Crippen LogP contribution in [0.2, 0.25) is 0 Å². The molecule has 1 unspecified atom stereocenters. The van der Waals surface area contributed by atoms with Gasteiger partial charge in [-0.3, -0.25) is 9.78 Å². The third-order valence-electron chi connectivity index (χ3n) is 6.12. The maximum atomic E-state index is 12.9. The predicted octanol–water partition coefficient (Wildman–Crippen LogP) is 4.96. The Hall–Kier alpha value is -4.34. The van der Waals surface area contributed by atoms with Gasteiger partial charge in [-0.2, -0.15) is 0 Å². The number of carbonyl (C=O) groups is 2. The molecule has 0 aliphatic rings. The van der Waals surface area contributed by atoms with E-state index in [4.69, 9.17) is 10.5 Å². The quantitative estimate of drug-likeness (QED) is 0.286. The number of nitrogens with zero attached hydrogens (tertiary/aromatic N) is 1. The van der Waals surface area contributed by atoms with Gasteiger partial charge in [-0.05, 0) is 79.1 Å². The molecule has 0 aliphatic carbocycles. The van der Waals surface area contributed by atoms with Crippen LogP contribution in [-0.2, 0) is 14.6 Å². The van der Waals surface area contributed by atoms with Crippen LogP contribution in [0.1, 0.15) is 44.8 Å². The molecule has 1 heterocycles. The molecule has 0 radical (unpaired) electrons. The fourth-order valence-corrected chi connectivity index (χ4v) is 5.08. The number of esters is 1. The average Bonchev–Trinajstić information content (AvgIpc) is 2.93. The van der Waals surface area contributed by atoms with Crippen LogP contribution in [0.15, 0.2) is 96.2 Å². The number of nitrogens with one attached hydrogen (secondary N) is 1. The number of ether oxygens (including phenoxy) is 1. The van der Waals surface area contributed by atoms with Gasteiger partial charge in [0.15, 0.2) is 9.84 Å². The number of benzene rings is 3. The van der Waals surface area contributed by atoms with E-state index in [0.29, 0.717) is 22.4 Å². The highest BCUT2D eigenvalue weighted by Gasteiger charge is 2.18. The molecular weight excluding hydrogens is 514 g/mol. The summed E-state index contributed by atoms with van der Waals surface area (Å²) in [6.07, 6.45) is 3.17. The molecule has 3 N–H and O–H groups in total. The summed E-state index contributed by atoms with van der Waals surface area (Å²) in [5, 5.41) is 2.83. The summed E-state index contributed by atoms with van der Waals surface area (Å²) >= 11 is 0. The van der Waals surface area contributed by atoms with Gasteiger partial charge >= 0.3 is 5.97 Å². The van der Waals surface area contributed by atoms with E-state index in [9.17, 15) is 18.0 Å². The fraction of sp³-hybridized carbons (Fsp3) is 0.167. The summed E-state index contributed by atoms with van der Waals surface area (Å²) in [7, 11) is -3.59. The molecule has 1 aromatic heterocycles. The van der Waals surface area contributed by atoms with E-state index in [1.165, 1.54) is 12.1 Å². The molecular formula is C30H29N3O5S. The molecule has 0 saturated carbocycles. The molecule has 8 nitrogen and oxygen atoms in total. The highest BCUT2D eigenvalue weighted by Crippen LogP contribution is 2.30. The Morgan fingerprint density at radius 1 is 0.949 bits per heavy atom. The van der Waals surface area contributed by atoms with Crippen molar-refractivity contribution >= 4 is 27.4 Å². The number of hydrogen-bond acceptors (Lipinski definition) is 7. The highest BCUT2D eigenvalue weighted by atomic mass is 32.2. The summed E-state index contributed by atoms with van der Waals surface area (Å²) < 4.78 is 30.4. The molecule has 0 aliphatic heterocycles. The summed E-state index contributed by atoms with van der Waals surface area (Å²) in [6, 6.07) is 21.5. The smallest absolute Gasteiger partial charge is 0.338 e. The monoisotopic (exact) mass is 543 g/mol. The van der Waals surface area contributed by atoms with E-state index in [1.807, 2.05) is 19.9 Å². The zero-order valence-electron chi connectivity index (χ0n) is 21.6. The van der Waals surface area contributed by atoms with Crippen LogP contribution < -0.4 is 11.1 Å². The van der Waals surface area contributed by atoms with E-state index in [0.717, 1.165) is 11.1 Å². The number of pyridine rings is 1. The van der Waals surface area contributed by atoms with Crippen LogP contribution in [0.5, 0.6) is 0 Å². The lowest BCUT2D eigenvalue weighted by Crippen LogP contribution is -2.16. The van der Waals surface area contributed by atoms with Crippen LogP contribution >= 0.6 is 0 Å². The van der Waals surface area contributed by atoms with Gasteiger partial charge in [0.05, 0.1) is 16.2 Å². The molecule has 200 valence electrons. The first-order chi connectivity index (χ1) is 18.6. The van der Waals surface area contributed by atoms with Crippen molar-refractivity contribution in [1.29, 1.82) is 0 Å². The second-order valence-corrected chi connectivity index (χ2v) is 11.2. The molecule has 1 amide bonds. The van der Waals surface area contributed by atoms with Crippen molar-refractivity contribution in [2.24, 2.45) is 5.73 Å². The minimum Gasteiger partial charge on any atom is -0.461 e. The van der Waals surface area contributed by atoms with Crippen molar-refractivity contribution in [1.82, 2.24) is 4.98 Å². The Kier molecular flexibility index (Phi) is 8.53. The lowest BCUT2D eigenvalue weighted by molar-refractivity contribution is 0.0529. The van der Waals surface area contributed by atoms with Gasteiger partial charge in [0.1, 0.15) is 6.61 Å². The van der Waals surface area contributed by atoms with Crippen LogP contribution in [0.3, 0.4) is 0 Å². The lowest BCUT2D eigenvalue weighted by Gasteiger charge is -2.16. The zero-order chi connectivity index (χ0) is 28.0. The average molecular weight is 544 g/mol. The molecule has 0 bridgehead atoms. The van der Waals surface area contributed by atoms with Gasteiger partial charge in [0.2, 0.25) is 0 Å². The molecule has 3 aromatic carbocycles. The third-order valence-corrected chi connectivity index (χ3v) is 7.81. The van der Waals surface area contributed by atoms with Gasteiger partial charge in [-0.25, -0.2) is 13.2 Å². The zero-order valence-corrected chi connectivity index (χ0v) is 22.4. The molecule has 0 fully saturated rings. The minimum atomic E-state index is -3.59. The summed E-state index contributed by atoms with van der Waals surface area (Å²) in [6.45, 7) is 3.42. The van der Waals surface area contributed by atoms with E-state index < -0.39 is 15.8 Å². The first-order valence-corrected chi connectivity index (χ1v) is 14.0.